The molecule has 0 saturated carbocycles. The summed E-state index contributed by atoms with van der Waals surface area (Å²) in [5, 5.41) is 9.11. The Labute approximate surface area is 139 Å². The fraction of sp³-hybridized carbons (Fsp3) is 0.471. The maximum Gasteiger partial charge on any atom is 0.334 e. The molecule has 2 aliphatic heterocycles. The lowest BCUT2D eigenvalue weighted by Crippen LogP contribution is -2.51. The van der Waals surface area contributed by atoms with Gasteiger partial charge in [-0.15, -0.1) is 0 Å². The number of ether oxygens (including phenoxy) is 1. The Bertz CT molecular complexity index is 657. The minimum atomic E-state index is -1.07. The molecule has 2 fully saturated rings. The van der Waals surface area contributed by atoms with Gasteiger partial charge in [0, 0.05) is 30.8 Å². The highest BCUT2D eigenvalue weighted by atomic mass is 16.5. The van der Waals surface area contributed by atoms with Crippen LogP contribution in [0.25, 0.3) is 0 Å². The smallest absolute Gasteiger partial charge is 0.334 e. The maximum absolute atomic E-state index is 12.6. The van der Waals surface area contributed by atoms with Gasteiger partial charge in [0.2, 0.25) is 5.91 Å². The van der Waals surface area contributed by atoms with Gasteiger partial charge < -0.3 is 19.6 Å². The third-order valence-electron chi connectivity index (χ3n) is 4.32. The summed E-state index contributed by atoms with van der Waals surface area (Å²) in [5.74, 6) is -1.20. The van der Waals surface area contributed by atoms with Crippen molar-refractivity contribution in [1.29, 1.82) is 0 Å². The molecule has 128 valence electrons. The van der Waals surface area contributed by atoms with Crippen molar-refractivity contribution < 1.29 is 24.2 Å². The number of carbonyl (C=O) groups is 3. The summed E-state index contributed by atoms with van der Waals surface area (Å²) < 4.78 is 5.32. The van der Waals surface area contributed by atoms with E-state index in [2.05, 4.69) is 0 Å². The predicted molar refractivity (Wildman–Crippen MR) is 85.9 cm³/mol. The zero-order valence-electron chi connectivity index (χ0n) is 13.5. The van der Waals surface area contributed by atoms with E-state index in [0.29, 0.717) is 25.1 Å². The van der Waals surface area contributed by atoms with Gasteiger partial charge in [-0.05, 0) is 37.6 Å². The van der Waals surface area contributed by atoms with Crippen LogP contribution in [0.2, 0.25) is 0 Å². The Morgan fingerprint density at radius 1 is 1.21 bits per heavy atom. The molecule has 0 radical (unpaired) electrons. The number of carboxylic acids is 1. The van der Waals surface area contributed by atoms with Crippen molar-refractivity contribution in [2.45, 2.75) is 32.0 Å². The fourth-order valence-electron chi connectivity index (χ4n) is 3.14. The van der Waals surface area contributed by atoms with Gasteiger partial charge in [-0.2, -0.15) is 0 Å². The topological polar surface area (TPSA) is 87.2 Å². The van der Waals surface area contributed by atoms with E-state index < -0.39 is 12.1 Å². The van der Waals surface area contributed by atoms with Crippen molar-refractivity contribution >= 4 is 23.5 Å². The van der Waals surface area contributed by atoms with E-state index in [0.717, 1.165) is 12.1 Å². The molecule has 2 atom stereocenters. The molecule has 2 heterocycles. The maximum atomic E-state index is 12.6. The van der Waals surface area contributed by atoms with Crippen LogP contribution >= 0.6 is 0 Å². The molecule has 1 N–H and O–H groups in total. The molecule has 2 aliphatic rings. The molecular formula is C17H20N2O5. The zero-order valence-corrected chi connectivity index (χ0v) is 13.5. The van der Waals surface area contributed by atoms with Gasteiger partial charge in [0.1, 0.15) is 0 Å². The number of hydrogen-bond donors (Lipinski definition) is 1. The van der Waals surface area contributed by atoms with Gasteiger partial charge >= 0.3 is 5.97 Å². The highest BCUT2D eigenvalue weighted by molar-refractivity contribution is 5.97. The van der Waals surface area contributed by atoms with Crippen LogP contribution in [0, 0.1) is 0 Å². The summed E-state index contributed by atoms with van der Waals surface area (Å²) in [6, 6.07) is 6.88. The van der Waals surface area contributed by atoms with Gasteiger partial charge in [-0.3, -0.25) is 9.59 Å². The summed E-state index contributed by atoms with van der Waals surface area (Å²) in [4.78, 5) is 38.7. The number of nitrogens with zero attached hydrogens (tertiary/aromatic N) is 2. The molecule has 1 aromatic rings. The van der Waals surface area contributed by atoms with E-state index in [-0.39, 0.29) is 24.5 Å². The van der Waals surface area contributed by atoms with Gasteiger partial charge in [0.15, 0.2) is 6.10 Å². The van der Waals surface area contributed by atoms with Crippen LogP contribution in [0.15, 0.2) is 24.3 Å². The Balaban J connectivity index is 1.72. The average molecular weight is 332 g/mol. The molecule has 1 unspecified atom stereocenters. The first-order valence-electron chi connectivity index (χ1n) is 8.03. The quantitative estimate of drug-likeness (QED) is 0.896. The lowest BCUT2D eigenvalue weighted by Gasteiger charge is -2.35. The fourth-order valence-corrected chi connectivity index (χ4v) is 3.14. The monoisotopic (exact) mass is 332 g/mol. The van der Waals surface area contributed by atoms with E-state index in [4.69, 9.17) is 9.84 Å². The molecule has 0 aromatic heterocycles. The molecule has 24 heavy (non-hydrogen) atoms. The third kappa shape index (κ3) is 3.26. The van der Waals surface area contributed by atoms with E-state index in [9.17, 15) is 14.4 Å². The second-order valence-corrected chi connectivity index (χ2v) is 6.18. The SMILES string of the molecule is C[C@@H]1CN(C(=O)c2ccc(N3CCCC3=O)cc2)CC(C(=O)O)O1. The number of amides is 2. The Morgan fingerprint density at radius 3 is 2.50 bits per heavy atom. The number of rotatable bonds is 3. The third-order valence-corrected chi connectivity index (χ3v) is 4.32. The van der Waals surface area contributed by atoms with E-state index in [1.165, 1.54) is 4.90 Å². The highest BCUT2D eigenvalue weighted by Gasteiger charge is 2.33. The van der Waals surface area contributed by atoms with E-state index >= 15 is 0 Å². The van der Waals surface area contributed by atoms with Gasteiger partial charge in [-0.25, -0.2) is 4.79 Å². The first-order chi connectivity index (χ1) is 11.5. The van der Waals surface area contributed by atoms with Crippen LogP contribution in [-0.4, -0.2) is 59.6 Å². The summed E-state index contributed by atoms with van der Waals surface area (Å²) >= 11 is 0. The number of aliphatic carboxylic acids is 1. The van der Waals surface area contributed by atoms with Crippen molar-refractivity contribution in [2.24, 2.45) is 0 Å². The van der Waals surface area contributed by atoms with E-state index in [1.807, 2.05) is 0 Å². The van der Waals surface area contributed by atoms with Gasteiger partial charge in [0.25, 0.3) is 5.91 Å². The van der Waals surface area contributed by atoms with Crippen LogP contribution in [0.5, 0.6) is 0 Å². The minimum absolute atomic E-state index is 0.0326. The normalized spacial score (nSPS) is 24.3. The van der Waals surface area contributed by atoms with Crippen LogP contribution < -0.4 is 4.90 Å². The van der Waals surface area contributed by atoms with Gasteiger partial charge in [-0.1, -0.05) is 0 Å². The number of carbonyl (C=O) groups excluding carboxylic acids is 2. The minimum Gasteiger partial charge on any atom is -0.479 e. The number of anilines is 1. The first kappa shape index (κ1) is 16.4. The Hall–Kier alpha value is -2.41. The summed E-state index contributed by atoms with van der Waals surface area (Å²) in [6.07, 6.45) is 0.0782. The number of carboxylic acid groups (broad SMARTS) is 1. The molecule has 0 aliphatic carbocycles. The standard InChI is InChI=1S/C17H20N2O5/c1-11-9-18(10-14(24-11)17(22)23)16(21)12-4-6-13(7-5-12)19-8-2-3-15(19)20/h4-7,11,14H,2-3,8-10H2,1H3,(H,22,23)/t11-,14?/m1/s1. The number of benzene rings is 1. The van der Waals surface area contributed by atoms with Gasteiger partial charge in [0.05, 0.1) is 12.6 Å². The van der Waals surface area contributed by atoms with Crippen LogP contribution in [0.3, 0.4) is 0 Å². The second kappa shape index (κ2) is 6.60. The molecule has 3 rings (SSSR count). The largest absolute Gasteiger partial charge is 0.479 e. The van der Waals surface area contributed by atoms with Crippen LogP contribution in [0.4, 0.5) is 5.69 Å². The second-order valence-electron chi connectivity index (χ2n) is 6.18. The Kier molecular flexibility index (Phi) is 4.53. The average Bonchev–Trinajstić information content (AvgIpc) is 2.99. The molecule has 1 aromatic carbocycles. The van der Waals surface area contributed by atoms with Crippen molar-refractivity contribution in [2.75, 3.05) is 24.5 Å². The Morgan fingerprint density at radius 2 is 1.92 bits per heavy atom. The predicted octanol–water partition coefficient (Wildman–Crippen LogP) is 1.13. The lowest BCUT2D eigenvalue weighted by molar-refractivity contribution is -0.160. The zero-order chi connectivity index (χ0) is 17.3. The molecule has 0 bridgehead atoms. The van der Waals surface area contributed by atoms with E-state index in [1.54, 1.807) is 36.1 Å². The summed E-state index contributed by atoms with van der Waals surface area (Å²) in [7, 11) is 0. The molecule has 0 spiro atoms. The molecular weight excluding hydrogens is 312 g/mol. The van der Waals surface area contributed by atoms with Crippen molar-refractivity contribution in [3.63, 3.8) is 0 Å². The lowest BCUT2D eigenvalue weighted by atomic mass is 10.1. The summed E-state index contributed by atoms with van der Waals surface area (Å²) in [6.45, 7) is 2.84. The molecule has 7 nitrogen and oxygen atoms in total. The molecule has 2 saturated heterocycles. The first-order valence-corrected chi connectivity index (χ1v) is 8.03. The summed E-state index contributed by atoms with van der Waals surface area (Å²) in [5.41, 5.74) is 1.26. The molecule has 2 amide bonds. The highest BCUT2D eigenvalue weighted by Crippen LogP contribution is 2.22. The number of morpholine rings is 1. The van der Waals surface area contributed by atoms with Crippen LogP contribution in [-0.2, 0) is 14.3 Å². The van der Waals surface area contributed by atoms with Crippen molar-refractivity contribution in [1.82, 2.24) is 4.90 Å². The van der Waals surface area contributed by atoms with Crippen LogP contribution in [0.1, 0.15) is 30.1 Å². The number of hydrogen-bond acceptors (Lipinski definition) is 4. The van der Waals surface area contributed by atoms with Crippen molar-refractivity contribution in [3.05, 3.63) is 29.8 Å². The molecule has 7 heteroatoms. The van der Waals surface area contributed by atoms with Crippen molar-refractivity contribution in [3.8, 4) is 0 Å².